The minimum Gasteiger partial charge on any atom is -0.354 e. The van der Waals surface area contributed by atoms with Gasteiger partial charge in [-0.15, -0.1) is 0 Å². The van der Waals surface area contributed by atoms with Crippen molar-refractivity contribution in [2.75, 3.05) is 5.32 Å². The molecule has 0 bridgehead atoms. The molecule has 3 rings (SSSR count). The molecule has 1 aliphatic rings. The fourth-order valence-corrected chi connectivity index (χ4v) is 3.26. The van der Waals surface area contributed by atoms with Gasteiger partial charge in [-0.05, 0) is 44.4 Å². The van der Waals surface area contributed by atoms with E-state index in [9.17, 15) is 4.79 Å². The Morgan fingerprint density at radius 3 is 2.62 bits per heavy atom. The molecule has 1 fully saturated rings. The number of aryl methyl sites for hydroxylation is 2. The van der Waals surface area contributed by atoms with Crippen molar-refractivity contribution in [3.63, 3.8) is 0 Å². The summed E-state index contributed by atoms with van der Waals surface area (Å²) in [5.74, 6) is -0.0290. The Kier molecular flexibility index (Phi) is 5.14. The first-order chi connectivity index (χ1) is 11.6. The smallest absolute Gasteiger partial charge is 0.253 e. The highest BCUT2D eigenvalue weighted by molar-refractivity contribution is 5.95. The van der Waals surface area contributed by atoms with E-state index in [-0.39, 0.29) is 5.91 Å². The predicted molar refractivity (Wildman–Crippen MR) is 97.8 cm³/mol. The Balaban J connectivity index is 1.70. The van der Waals surface area contributed by atoms with Crippen molar-refractivity contribution in [3.05, 3.63) is 53.3 Å². The SMILES string of the molecule is Cc1ccc(Nc2cncc(C(=O)NC3CCCCC3)c2)c(C)c1. The number of anilines is 2. The van der Waals surface area contributed by atoms with Crippen LogP contribution in [0.4, 0.5) is 11.4 Å². The minimum absolute atomic E-state index is 0.0290. The molecule has 0 saturated heterocycles. The van der Waals surface area contributed by atoms with Gasteiger partial charge in [0.1, 0.15) is 0 Å². The van der Waals surface area contributed by atoms with Gasteiger partial charge in [-0.3, -0.25) is 9.78 Å². The normalized spacial score (nSPS) is 15.1. The summed E-state index contributed by atoms with van der Waals surface area (Å²) in [6.45, 7) is 4.15. The van der Waals surface area contributed by atoms with E-state index in [0.29, 0.717) is 11.6 Å². The van der Waals surface area contributed by atoms with E-state index in [1.54, 1.807) is 12.4 Å². The van der Waals surface area contributed by atoms with Gasteiger partial charge < -0.3 is 10.6 Å². The Labute approximate surface area is 143 Å². The number of amides is 1. The second kappa shape index (κ2) is 7.47. The van der Waals surface area contributed by atoms with Gasteiger partial charge in [-0.2, -0.15) is 0 Å². The third-order valence-electron chi connectivity index (χ3n) is 4.60. The fraction of sp³-hybridized carbons (Fsp3) is 0.400. The van der Waals surface area contributed by atoms with E-state index in [0.717, 1.165) is 24.2 Å². The molecule has 2 aromatic rings. The van der Waals surface area contributed by atoms with Crippen LogP contribution in [0.3, 0.4) is 0 Å². The molecule has 1 aromatic heterocycles. The topological polar surface area (TPSA) is 54.0 Å². The van der Waals surface area contributed by atoms with Crippen molar-refractivity contribution < 1.29 is 4.79 Å². The second-order valence-corrected chi connectivity index (χ2v) is 6.71. The third kappa shape index (κ3) is 4.13. The summed E-state index contributed by atoms with van der Waals surface area (Å²) in [6.07, 6.45) is 9.24. The fourth-order valence-electron chi connectivity index (χ4n) is 3.26. The van der Waals surface area contributed by atoms with Crippen molar-refractivity contribution in [1.82, 2.24) is 10.3 Å². The quantitative estimate of drug-likeness (QED) is 0.870. The van der Waals surface area contributed by atoms with E-state index in [1.807, 2.05) is 6.07 Å². The zero-order chi connectivity index (χ0) is 16.9. The van der Waals surface area contributed by atoms with Gasteiger partial charge in [-0.25, -0.2) is 0 Å². The maximum absolute atomic E-state index is 12.5. The van der Waals surface area contributed by atoms with Crippen LogP contribution in [0.2, 0.25) is 0 Å². The molecule has 126 valence electrons. The lowest BCUT2D eigenvalue weighted by molar-refractivity contribution is 0.0927. The molecule has 1 aromatic carbocycles. The summed E-state index contributed by atoms with van der Waals surface area (Å²) in [5, 5.41) is 6.49. The molecule has 1 amide bonds. The molecular formula is C20H25N3O. The first kappa shape index (κ1) is 16.5. The highest BCUT2D eigenvalue weighted by atomic mass is 16.1. The Morgan fingerprint density at radius 1 is 1.08 bits per heavy atom. The number of aromatic nitrogens is 1. The molecule has 0 atom stereocenters. The van der Waals surface area contributed by atoms with Crippen LogP contribution in [0.5, 0.6) is 0 Å². The van der Waals surface area contributed by atoms with E-state index in [4.69, 9.17) is 0 Å². The van der Waals surface area contributed by atoms with Crippen LogP contribution >= 0.6 is 0 Å². The first-order valence-electron chi connectivity index (χ1n) is 8.72. The van der Waals surface area contributed by atoms with Gasteiger partial charge in [0.15, 0.2) is 0 Å². The van der Waals surface area contributed by atoms with E-state index in [2.05, 4.69) is 47.7 Å². The summed E-state index contributed by atoms with van der Waals surface area (Å²) in [4.78, 5) is 16.7. The number of pyridine rings is 1. The summed E-state index contributed by atoms with van der Waals surface area (Å²) >= 11 is 0. The average molecular weight is 323 g/mol. The summed E-state index contributed by atoms with van der Waals surface area (Å²) in [7, 11) is 0. The van der Waals surface area contributed by atoms with Crippen molar-refractivity contribution >= 4 is 17.3 Å². The molecule has 1 aliphatic carbocycles. The van der Waals surface area contributed by atoms with Gasteiger partial charge in [-0.1, -0.05) is 37.0 Å². The van der Waals surface area contributed by atoms with Gasteiger partial charge in [0.2, 0.25) is 0 Å². The molecule has 0 unspecified atom stereocenters. The molecule has 4 nitrogen and oxygen atoms in total. The number of carbonyl (C=O) groups excluding carboxylic acids is 1. The summed E-state index contributed by atoms with van der Waals surface area (Å²) < 4.78 is 0. The van der Waals surface area contributed by atoms with Crippen molar-refractivity contribution in [2.24, 2.45) is 0 Å². The highest BCUT2D eigenvalue weighted by Crippen LogP contribution is 2.22. The van der Waals surface area contributed by atoms with Gasteiger partial charge >= 0.3 is 0 Å². The number of hydrogen-bond donors (Lipinski definition) is 2. The van der Waals surface area contributed by atoms with Crippen LogP contribution in [-0.2, 0) is 0 Å². The molecule has 2 N–H and O–H groups in total. The summed E-state index contributed by atoms with van der Waals surface area (Å²) in [5.41, 5.74) is 4.88. The molecule has 4 heteroatoms. The van der Waals surface area contributed by atoms with Crippen molar-refractivity contribution in [3.8, 4) is 0 Å². The van der Waals surface area contributed by atoms with Gasteiger partial charge in [0, 0.05) is 17.9 Å². The van der Waals surface area contributed by atoms with Crippen molar-refractivity contribution in [1.29, 1.82) is 0 Å². The van der Waals surface area contributed by atoms with Crippen LogP contribution in [-0.4, -0.2) is 16.9 Å². The standard InChI is InChI=1S/C20H25N3O/c1-14-8-9-19(15(2)10-14)22-18-11-16(12-21-13-18)20(24)23-17-6-4-3-5-7-17/h8-13,17,22H,3-7H2,1-2H3,(H,23,24). The third-order valence-corrected chi connectivity index (χ3v) is 4.60. The van der Waals surface area contributed by atoms with E-state index in [1.165, 1.54) is 30.4 Å². The van der Waals surface area contributed by atoms with Crippen LogP contribution in [0.15, 0.2) is 36.7 Å². The molecule has 0 radical (unpaired) electrons. The Hall–Kier alpha value is -2.36. The monoisotopic (exact) mass is 323 g/mol. The number of nitrogens with zero attached hydrogens (tertiary/aromatic N) is 1. The maximum atomic E-state index is 12.5. The highest BCUT2D eigenvalue weighted by Gasteiger charge is 2.17. The number of benzene rings is 1. The van der Waals surface area contributed by atoms with Gasteiger partial charge in [0.25, 0.3) is 5.91 Å². The maximum Gasteiger partial charge on any atom is 0.253 e. The Morgan fingerprint density at radius 2 is 1.88 bits per heavy atom. The zero-order valence-electron chi connectivity index (χ0n) is 14.4. The zero-order valence-corrected chi connectivity index (χ0v) is 14.4. The lowest BCUT2D eigenvalue weighted by Gasteiger charge is -2.22. The molecule has 0 aliphatic heterocycles. The predicted octanol–water partition coefficient (Wildman–Crippen LogP) is 4.50. The summed E-state index contributed by atoms with van der Waals surface area (Å²) in [6, 6.07) is 8.43. The van der Waals surface area contributed by atoms with Crippen molar-refractivity contribution in [2.45, 2.75) is 52.0 Å². The van der Waals surface area contributed by atoms with Crippen LogP contribution < -0.4 is 10.6 Å². The largest absolute Gasteiger partial charge is 0.354 e. The molecule has 24 heavy (non-hydrogen) atoms. The molecule has 0 spiro atoms. The minimum atomic E-state index is -0.0290. The van der Waals surface area contributed by atoms with Gasteiger partial charge in [0.05, 0.1) is 17.4 Å². The Bertz CT molecular complexity index is 721. The first-order valence-corrected chi connectivity index (χ1v) is 8.72. The number of hydrogen-bond acceptors (Lipinski definition) is 3. The molecule has 1 saturated carbocycles. The lowest BCUT2D eigenvalue weighted by atomic mass is 9.95. The van der Waals surface area contributed by atoms with Crippen LogP contribution in [0.1, 0.15) is 53.6 Å². The molecular weight excluding hydrogens is 298 g/mol. The number of nitrogens with one attached hydrogen (secondary N) is 2. The van der Waals surface area contributed by atoms with Crippen LogP contribution in [0.25, 0.3) is 0 Å². The average Bonchev–Trinajstić information content (AvgIpc) is 2.59. The van der Waals surface area contributed by atoms with Crippen LogP contribution in [0, 0.1) is 13.8 Å². The number of carbonyl (C=O) groups is 1. The number of rotatable bonds is 4. The second-order valence-electron chi connectivity index (χ2n) is 6.71. The van der Waals surface area contributed by atoms with E-state index < -0.39 is 0 Å². The van der Waals surface area contributed by atoms with E-state index >= 15 is 0 Å². The lowest BCUT2D eigenvalue weighted by Crippen LogP contribution is -2.36. The molecule has 1 heterocycles.